The fourth-order valence-corrected chi connectivity index (χ4v) is 2.20. The van der Waals surface area contributed by atoms with E-state index in [0.29, 0.717) is 0 Å². The summed E-state index contributed by atoms with van der Waals surface area (Å²) in [6, 6.07) is 3.94. The van der Waals surface area contributed by atoms with E-state index in [2.05, 4.69) is 27.9 Å². The van der Waals surface area contributed by atoms with E-state index in [0.717, 1.165) is 42.0 Å². The molecule has 0 aliphatic rings. The van der Waals surface area contributed by atoms with E-state index >= 15 is 0 Å². The summed E-state index contributed by atoms with van der Waals surface area (Å²) < 4.78 is 11.6. The molecule has 0 fully saturated rings. The van der Waals surface area contributed by atoms with Gasteiger partial charge in [0.2, 0.25) is 0 Å². The van der Waals surface area contributed by atoms with Crippen molar-refractivity contribution in [1.29, 1.82) is 0 Å². The second-order valence-electron chi connectivity index (χ2n) is 4.18. The van der Waals surface area contributed by atoms with Crippen LogP contribution in [0.5, 0.6) is 11.5 Å². The molecule has 0 aromatic heterocycles. The van der Waals surface area contributed by atoms with Gasteiger partial charge in [0.1, 0.15) is 0 Å². The summed E-state index contributed by atoms with van der Waals surface area (Å²) >= 11 is 3.56. The highest BCUT2D eigenvalue weighted by Gasteiger charge is 2.11. The van der Waals surface area contributed by atoms with Crippen LogP contribution in [0.15, 0.2) is 16.6 Å². The van der Waals surface area contributed by atoms with Gasteiger partial charge in [-0.25, -0.2) is 0 Å². The van der Waals surface area contributed by atoms with Crippen LogP contribution in [0.1, 0.15) is 12.0 Å². The van der Waals surface area contributed by atoms with Gasteiger partial charge in [0.25, 0.3) is 0 Å². The third kappa shape index (κ3) is 4.15. The minimum atomic E-state index is 0.720. The topological polar surface area (TPSA) is 47.7 Å². The number of rotatable bonds is 7. The Morgan fingerprint density at radius 2 is 1.83 bits per heavy atom. The molecule has 0 amide bonds. The van der Waals surface area contributed by atoms with E-state index in [1.807, 2.05) is 12.1 Å². The zero-order valence-corrected chi connectivity index (χ0v) is 12.8. The van der Waals surface area contributed by atoms with Crippen LogP contribution in [0.25, 0.3) is 0 Å². The van der Waals surface area contributed by atoms with E-state index in [1.165, 1.54) is 5.56 Å². The van der Waals surface area contributed by atoms with Crippen LogP contribution < -0.4 is 15.2 Å². The number of ether oxygens (including phenoxy) is 2. The van der Waals surface area contributed by atoms with Gasteiger partial charge in [-0.15, -0.1) is 0 Å². The highest BCUT2D eigenvalue weighted by molar-refractivity contribution is 9.10. The predicted octanol–water partition coefficient (Wildman–Crippen LogP) is 2.25. The molecule has 102 valence electrons. The molecule has 2 N–H and O–H groups in total. The zero-order chi connectivity index (χ0) is 13.5. The molecule has 0 heterocycles. The van der Waals surface area contributed by atoms with Crippen LogP contribution in [0.3, 0.4) is 0 Å². The second-order valence-corrected chi connectivity index (χ2v) is 5.03. The maximum atomic E-state index is 5.51. The van der Waals surface area contributed by atoms with E-state index < -0.39 is 0 Å². The molecule has 0 unspecified atom stereocenters. The molecule has 4 nitrogen and oxygen atoms in total. The van der Waals surface area contributed by atoms with Crippen molar-refractivity contribution >= 4 is 15.9 Å². The quantitative estimate of drug-likeness (QED) is 0.838. The molecule has 0 atom stereocenters. The van der Waals surface area contributed by atoms with Crippen LogP contribution in [-0.2, 0) is 6.54 Å². The summed E-state index contributed by atoms with van der Waals surface area (Å²) in [6.45, 7) is 2.55. The van der Waals surface area contributed by atoms with Gasteiger partial charge in [-0.2, -0.15) is 0 Å². The van der Waals surface area contributed by atoms with Gasteiger partial charge < -0.3 is 20.1 Å². The van der Waals surface area contributed by atoms with Crippen molar-refractivity contribution in [2.45, 2.75) is 13.0 Å². The monoisotopic (exact) mass is 316 g/mol. The Hall–Kier alpha value is -0.780. The second kappa shape index (κ2) is 7.61. The first-order valence-corrected chi connectivity index (χ1v) is 6.70. The van der Waals surface area contributed by atoms with Gasteiger partial charge in [-0.1, -0.05) is 15.9 Å². The van der Waals surface area contributed by atoms with Crippen LogP contribution in [0.4, 0.5) is 0 Å². The number of benzene rings is 1. The molecule has 1 rings (SSSR count). The van der Waals surface area contributed by atoms with Crippen LogP contribution in [0, 0.1) is 0 Å². The Kier molecular flexibility index (Phi) is 6.46. The Balaban J connectivity index is 2.82. The van der Waals surface area contributed by atoms with E-state index in [1.54, 1.807) is 14.2 Å². The van der Waals surface area contributed by atoms with Crippen LogP contribution >= 0.6 is 15.9 Å². The minimum Gasteiger partial charge on any atom is -0.493 e. The molecule has 0 saturated heterocycles. The van der Waals surface area contributed by atoms with Crippen molar-refractivity contribution in [3.8, 4) is 11.5 Å². The van der Waals surface area contributed by atoms with Gasteiger partial charge in [-0.3, -0.25) is 0 Å². The Morgan fingerprint density at radius 1 is 1.22 bits per heavy atom. The van der Waals surface area contributed by atoms with Crippen molar-refractivity contribution in [3.05, 3.63) is 22.2 Å². The highest BCUT2D eigenvalue weighted by Crippen LogP contribution is 2.33. The first-order chi connectivity index (χ1) is 8.62. The van der Waals surface area contributed by atoms with E-state index in [4.69, 9.17) is 15.2 Å². The summed E-state index contributed by atoms with van der Waals surface area (Å²) in [7, 11) is 5.36. The lowest BCUT2D eigenvalue weighted by molar-refractivity contribution is 0.320. The standard InChI is InChI=1S/C13H21BrN2O2/c1-16(6-4-5-15)9-10-7-12(17-2)13(18-3)8-11(10)14/h7-8H,4-6,9,15H2,1-3H3. The average molecular weight is 317 g/mol. The predicted molar refractivity (Wildman–Crippen MR) is 77.3 cm³/mol. The third-order valence-electron chi connectivity index (χ3n) is 2.74. The lowest BCUT2D eigenvalue weighted by atomic mass is 10.2. The molecule has 0 spiro atoms. The lowest BCUT2D eigenvalue weighted by Gasteiger charge is -2.18. The number of methoxy groups -OCH3 is 2. The molecule has 0 saturated carbocycles. The molecule has 1 aromatic rings. The maximum absolute atomic E-state index is 5.51. The molecule has 18 heavy (non-hydrogen) atoms. The molecule has 0 bridgehead atoms. The molecule has 0 aliphatic carbocycles. The molecule has 0 aliphatic heterocycles. The normalized spacial score (nSPS) is 10.8. The largest absolute Gasteiger partial charge is 0.493 e. The molecule has 5 heteroatoms. The van der Waals surface area contributed by atoms with Gasteiger partial charge in [-0.05, 0) is 44.3 Å². The molecule has 0 radical (unpaired) electrons. The number of halogens is 1. The molecular weight excluding hydrogens is 296 g/mol. The fourth-order valence-electron chi connectivity index (χ4n) is 1.75. The van der Waals surface area contributed by atoms with Gasteiger partial charge in [0.15, 0.2) is 11.5 Å². The number of nitrogens with two attached hydrogens (primary N) is 1. The Morgan fingerprint density at radius 3 is 2.39 bits per heavy atom. The third-order valence-corrected chi connectivity index (χ3v) is 3.48. The summed E-state index contributed by atoms with van der Waals surface area (Å²) in [4.78, 5) is 2.23. The van der Waals surface area contributed by atoms with E-state index in [9.17, 15) is 0 Å². The first kappa shape index (κ1) is 15.3. The summed E-state index contributed by atoms with van der Waals surface area (Å²) in [5, 5.41) is 0. The van der Waals surface area contributed by atoms with Crippen molar-refractivity contribution in [3.63, 3.8) is 0 Å². The van der Waals surface area contributed by atoms with Crippen molar-refractivity contribution in [2.24, 2.45) is 5.73 Å². The van der Waals surface area contributed by atoms with Crippen LogP contribution in [-0.4, -0.2) is 39.3 Å². The highest BCUT2D eigenvalue weighted by atomic mass is 79.9. The van der Waals surface area contributed by atoms with Gasteiger partial charge in [0, 0.05) is 11.0 Å². The number of hydrogen-bond acceptors (Lipinski definition) is 4. The zero-order valence-electron chi connectivity index (χ0n) is 11.2. The van der Waals surface area contributed by atoms with Crippen LogP contribution in [0.2, 0.25) is 0 Å². The number of nitrogens with zero attached hydrogens (tertiary/aromatic N) is 1. The number of hydrogen-bond donors (Lipinski definition) is 1. The SMILES string of the molecule is COc1cc(Br)c(CN(C)CCCN)cc1OC. The summed E-state index contributed by atoms with van der Waals surface area (Å²) in [5.74, 6) is 1.49. The lowest BCUT2D eigenvalue weighted by Crippen LogP contribution is -2.21. The minimum absolute atomic E-state index is 0.720. The molecule has 1 aromatic carbocycles. The summed E-state index contributed by atoms with van der Waals surface area (Å²) in [6.07, 6.45) is 1.00. The average Bonchev–Trinajstić information content (AvgIpc) is 2.38. The van der Waals surface area contributed by atoms with Crippen molar-refractivity contribution < 1.29 is 9.47 Å². The van der Waals surface area contributed by atoms with Crippen molar-refractivity contribution in [2.75, 3.05) is 34.4 Å². The van der Waals surface area contributed by atoms with Gasteiger partial charge >= 0.3 is 0 Å². The Labute approximate surface area is 117 Å². The van der Waals surface area contributed by atoms with E-state index in [-0.39, 0.29) is 0 Å². The maximum Gasteiger partial charge on any atom is 0.161 e. The fraction of sp³-hybridized carbons (Fsp3) is 0.538. The smallest absolute Gasteiger partial charge is 0.161 e. The van der Waals surface area contributed by atoms with Gasteiger partial charge in [0.05, 0.1) is 14.2 Å². The Bertz CT molecular complexity index is 385. The first-order valence-electron chi connectivity index (χ1n) is 5.91. The summed E-state index contributed by atoms with van der Waals surface area (Å²) in [5.41, 5.74) is 6.68. The molecular formula is C13H21BrN2O2. The van der Waals surface area contributed by atoms with Crippen molar-refractivity contribution in [1.82, 2.24) is 4.90 Å².